The van der Waals surface area contributed by atoms with Gasteiger partial charge < -0.3 is 15.4 Å². The molecule has 1 aromatic rings. The van der Waals surface area contributed by atoms with Gasteiger partial charge >= 0.3 is 0 Å². The van der Waals surface area contributed by atoms with Crippen molar-refractivity contribution in [1.29, 1.82) is 0 Å². The van der Waals surface area contributed by atoms with E-state index in [-0.39, 0.29) is 29.5 Å². The molecule has 142 valence electrons. The van der Waals surface area contributed by atoms with E-state index < -0.39 is 0 Å². The Morgan fingerprint density at radius 3 is 2.68 bits per heavy atom. The van der Waals surface area contributed by atoms with Crippen molar-refractivity contribution in [3.63, 3.8) is 0 Å². The van der Waals surface area contributed by atoms with Gasteiger partial charge in [0.15, 0.2) is 5.96 Å². The fourth-order valence-electron chi connectivity index (χ4n) is 2.85. The number of hydrogen-bond donors (Lipinski definition) is 2. The molecule has 1 atom stereocenters. The number of hydrogen-bond acceptors (Lipinski definition) is 3. The molecule has 0 spiro atoms. The summed E-state index contributed by atoms with van der Waals surface area (Å²) in [6.07, 6.45) is 0.329. The molecule has 5 nitrogen and oxygen atoms in total. The van der Waals surface area contributed by atoms with Gasteiger partial charge in [0.25, 0.3) is 0 Å². The second kappa shape index (κ2) is 10.3. The topological polar surface area (TPSA) is 48.9 Å². The lowest BCUT2D eigenvalue weighted by atomic mass is 10.1. The predicted octanol–water partition coefficient (Wildman–Crippen LogP) is 2.99. The Balaban J connectivity index is 0.00000312. The van der Waals surface area contributed by atoms with Crippen molar-refractivity contribution < 1.29 is 4.74 Å². The minimum atomic E-state index is -0.00326. The van der Waals surface area contributed by atoms with Crippen LogP contribution in [0.1, 0.15) is 38.8 Å². The van der Waals surface area contributed by atoms with E-state index in [2.05, 4.69) is 72.5 Å². The van der Waals surface area contributed by atoms with Gasteiger partial charge in [-0.05, 0) is 38.8 Å². The summed E-state index contributed by atoms with van der Waals surface area (Å²) in [6.45, 7) is 13.1. The van der Waals surface area contributed by atoms with Crippen LogP contribution in [0.4, 0.5) is 0 Å². The number of guanidine groups is 1. The Morgan fingerprint density at radius 2 is 2.04 bits per heavy atom. The third-order valence-electron chi connectivity index (χ3n) is 3.90. The quantitative estimate of drug-likeness (QED) is 0.412. The average Bonchev–Trinajstić information content (AvgIpc) is 2.51. The highest BCUT2D eigenvalue weighted by Crippen LogP contribution is 2.12. The fourth-order valence-corrected chi connectivity index (χ4v) is 2.85. The molecule has 1 unspecified atom stereocenters. The van der Waals surface area contributed by atoms with E-state index in [4.69, 9.17) is 4.74 Å². The number of ether oxygens (including phenoxy) is 1. The summed E-state index contributed by atoms with van der Waals surface area (Å²) < 4.78 is 5.61. The Bertz CT molecular complexity index is 557. The Hall–Kier alpha value is -0.860. The maximum Gasteiger partial charge on any atom is 0.191 e. The number of nitrogens with zero attached hydrogens (tertiary/aromatic N) is 2. The summed E-state index contributed by atoms with van der Waals surface area (Å²) in [7, 11) is 1.80. The molecule has 1 aromatic carbocycles. The van der Waals surface area contributed by atoms with Crippen LogP contribution in [0, 0.1) is 0 Å². The SMILES string of the molecule is CN=C(NCc1cccc(CN2CCOC(C)C2)c1)NC(C)(C)C.I. The summed E-state index contributed by atoms with van der Waals surface area (Å²) in [5, 5.41) is 6.76. The van der Waals surface area contributed by atoms with Crippen LogP contribution in [0.25, 0.3) is 0 Å². The second-order valence-electron chi connectivity index (χ2n) is 7.54. The zero-order chi connectivity index (χ0) is 17.6. The van der Waals surface area contributed by atoms with E-state index in [9.17, 15) is 0 Å². The zero-order valence-corrected chi connectivity index (χ0v) is 18.5. The molecule has 1 aliphatic rings. The number of rotatable bonds is 4. The maximum absolute atomic E-state index is 5.61. The van der Waals surface area contributed by atoms with Gasteiger partial charge in [-0.1, -0.05) is 24.3 Å². The molecular weight excluding hydrogens is 427 g/mol. The second-order valence-corrected chi connectivity index (χ2v) is 7.54. The van der Waals surface area contributed by atoms with Gasteiger partial charge in [0.1, 0.15) is 0 Å². The Labute approximate surface area is 169 Å². The minimum Gasteiger partial charge on any atom is -0.376 e. The van der Waals surface area contributed by atoms with Crippen LogP contribution in [-0.2, 0) is 17.8 Å². The monoisotopic (exact) mass is 460 g/mol. The highest BCUT2D eigenvalue weighted by molar-refractivity contribution is 14.0. The molecule has 0 bridgehead atoms. The number of aliphatic imine (C=N–C) groups is 1. The van der Waals surface area contributed by atoms with E-state index in [0.29, 0.717) is 6.10 Å². The van der Waals surface area contributed by atoms with Crippen molar-refractivity contribution >= 4 is 29.9 Å². The molecule has 1 fully saturated rings. The molecule has 6 heteroatoms. The fraction of sp³-hybridized carbons (Fsp3) is 0.632. The molecule has 1 aliphatic heterocycles. The molecule has 0 saturated carbocycles. The summed E-state index contributed by atoms with van der Waals surface area (Å²) in [5.41, 5.74) is 2.62. The zero-order valence-electron chi connectivity index (χ0n) is 16.1. The summed E-state index contributed by atoms with van der Waals surface area (Å²) in [6, 6.07) is 8.77. The number of morpholine rings is 1. The standard InChI is InChI=1S/C19H32N4O.HI/c1-15-13-23(9-10-24-15)14-17-8-6-7-16(11-17)12-21-18(20-5)22-19(2,3)4;/h6-8,11,15H,9-10,12-14H2,1-5H3,(H2,20,21,22);1H. The van der Waals surface area contributed by atoms with Crippen molar-refractivity contribution in [3.8, 4) is 0 Å². The lowest BCUT2D eigenvalue weighted by Crippen LogP contribution is -2.47. The third kappa shape index (κ3) is 8.37. The van der Waals surface area contributed by atoms with E-state index in [0.717, 1.165) is 38.7 Å². The smallest absolute Gasteiger partial charge is 0.191 e. The summed E-state index contributed by atoms with van der Waals surface area (Å²) >= 11 is 0. The molecular formula is C19H33IN4O. The van der Waals surface area contributed by atoms with Crippen molar-refractivity contribution in [2.45, 2.75) is 52.4 Å². The molecule has 0 aromatic heterocycles. The highest BCUT2D eigenvalue weighted by atomic mass is 127. The van der Waals surface area contributed by atoms with Gasteiger partial charge in [0.05, 0.1) is 12.7 Å². The van der Waals surface area contributed by atoms with Gasteiger partial charge in [-0.3, -0.25) is 9.89 Å². The number of nitrogens with one attached hydrogen (secondary N) is 2. The molecule has 0 radical (unpaired) electrons. The first-order chi connectivity index (χ1) is 11.4. The molecule has 25 heavy (non-hydrogen) atoms. The molecule has 0 amide bonds. The lowest BCUT2D eigenvalue weighted by Gasteiger charge is -2.31. The van der Waals surface area contributed by atoms with Gasteiger partial charge in [-0.2, -0.15) is 0 Å². The van der Waals surface area contributed by atoms with E-state index in [1.54, 1.807) is 7.05 Å². The summed E-state index contributed by atoms with van der Waals surface area (Å²) in [4.78, 5) is 6.74. The first-order valence-corrected chi connectivity index (χ1v) is 8.76. The minimum absolute atomic E-state index is 0. The largest absolute Gasteiger partial charge is 0.376 e. The third-order valence-corrected chi connectivity index (χ3v) is 3.90. The molecule has 2 rings (SSSR count). The van der Waals surface area contributed by atoms with Crippen molar-refractivity contribution in [1.82, 2.24) is 15.5 Å². The first-order valence-electron chi connectivity index (χ1n) is 8.76. The highest BCUT2D eigenvalue weighted by Gasteiger charge is 2.16. The van der Waals surface area contributed by atoms with Gasteiger partial charge in [-0.15, -0.1) is 24.0 Å². The van der Waals surface area contributed by atoms with Gasteiger partial charge in [0, 0.05) is 38.8 Å². The van der Waals surface area contributed by atoms with Crippen LogP contribution < -0.4 is 10.6 Å². The van der Waals surface area contributed by atoms with Crippen LogP contribution in [0.2, 0.25) is 0 Å². The average molecular weight is 460 g/mol. The maximum atomic E-state index is 5.61. The first kappa shape index (κ1) is 22.2. The summed E-state index contributed by atoms with van der Waals surface area (Å²) in [5.74, 6) is 0.829. The molecule has 1 saturated heterocycles. The van der Waals surface area contributed by atoms with E-state index in [1.165, 1.54) is 11.1 Å². The van der Waals surface area contributed by atoms with Crippen molar-refractivity contribution in [3.05, 3.63) is 35.4 Å². The molecule has 2 N–H and O–H groups in total. The lowest BCUT2D eigenvalue weighted by molar-refractivity contribution is -0.0212. The Kier molecular flexibility index (Phi) is 9.16. The number of halogens is 1. The molecule has 1 heterocycles. The van der Waals surface area contributed by atoms with Crippen LogP contribution in [0.3, 0.4) is 0 Å². The van der Waals surface area contributed by atoms with Crippen LogP contribution in [-0.4, -0.2) is 49.2 Å². The van der Waals surface area contributed by atoms with Crippen molar-refractivity contribution in [2.75, 3.05) is 26.7 Å². The normalized spacial score (nSPS) is 19.2. The van der Waals surface area contributed by atoms with Gasteiger partial charge in [-0.25, -0.2) is 0 Å². The van der Waals surface area contributed by atoms with Crippen LogP contribution in [0.15, 0.2) is 29.3 Å². The van der Waals surface area contributed by atoms with Crippen molar-refractivity contribution in [2.24, 2.45) is 4.99 Å². The predicted molar refractivity (Wildman–Crippen MR) is 116 cm³/mol. The number of benzene rings is 1. The molecule has 0 aliphatic carbocycles. The van der Waals surface area contributed by atoms with Crippen LogP contribution in [0.5, 0.6) is 0 Å². The Morgan fingerprint density at radius 1 is 1.32 bits per heavy atom. The van der Waals surface area contributed by atoms with Gasteiger partial charge in [0.2, 0.25) is 0 Å². The van der Waals surface area contributed by atoms with Crippen LogP contribution >= 0.6 is 24.0 Å². The van der Waals surface area contributed by atoms with E-state index >= 15 is 0 Å². The van der Waals surface area contributed by atoms with E-state index in [1.807, 2.05) is 0 Å².